The molecule has 33 heavy (non-hydrogen) atoms. The Balaban J connectivity index is 1.36. The molecule has 0 radical (unpaired) electrons. The molecule has 0 N–H and O–H groups in total. The number of carbonyl (C=O) groups excluding carboxylic acids is 2. The van der Waals surface area contributed by atoms with Gasteiger partial charge in [0.25, 0.3) is 5.91 Å². The summed E-state index contributed by atoms with van der Waals surface area (Å²) in [5.41, 5.74) is 3.72. The first kappa shape index (κ1) is 22.1. The number of hydrogen-bond donors (Lipinski definition) is 0. The first-order chi connectivity index (χ1) is 15.8. The lowest BCUT2D eigenvalue weighted by atomic mass is 10.2. The Bertz CT molecular complexity index is 1300. The van der Waals surface area contributed by atoms with E-state index in [-0.39, 0.29) is 12.5 Å². The van der Waals surface area contributed by atoms with Crippen LogP contribution in [0, 0.1) is 13.8 Å². The van der Waals surface area contributed by atoms with E-state index in [1.54, 1.807) is 44.3 Å². The molecular formula is C25H25N3O5. The maximum Gasteiger partial charge on any atom is 0.341 e. The zero-order valence-electron chi connectivity index (χ0n) is 19.0. The number of nitrogens with zero attached hydrogens (tertiary/aromatic N) is 3. The second kappa shape index (κ2) is 9.20. The van der Waals surface area contributed by atoms with E-state index in [1.807, 2.05) is 35.9 Å². The van der Waals surface area contributed by atoms with Crippen molar-refractivity contribution >= 4 is 17.5 Å². The van der Waals surface area contributed by atoms with Gasteiger partial charge >= 0.3 is 5.97 Å². The standard InChI is InChI=1S/C25H25N3O5/c1-16-5-10-23-26-19(13-28(23)12-16)15-32-20-8-6-18(7-9-20)24(29)27(3)14-21-11-22(17(2)33-21)25(30)31-4/h5-13H,14-15H2,1-4H3. The maximum absolute atomic E-state index is 12.8. The number of hydrogen-bond acceptors (Lipinski definition) is 6. The quantitative estimate of drug-likeness (QED) is 0.395. The number of esters is 1. The molecule has 3 heterocycles. The lowest BCUT2D eigenvalue weighted by molar-refractivity contribution is 0.0598. The van der Waals surface area contributed by atoms with E-state index in [0.29, 0.717) is 35.0 Å². The second-order valence-corrected chi connectivity index (χ2v) is 7.85. The Labute approximate surface area is 191 Å². The van der Waals surface area contributed by atoms with Crippen LogP contribution in [0.25, 0.3) is 5.65 Å². The summed E-state index contributed by atoms with van der Waals surface area (Å²) < 4.78 is 18.1. The van der Waals surface area contributed by atoms with Crippen LogP contribution < -0.4 is 4.74 Å². The molecule has 4 rings (SSSR count). The Morgan fingerprint density at radius 3 is 2.58 bits per heavy atom. The molecule has 0 aliphatic heterocycles. The van der Waals surface area contributed by atoms with Crippen molar-refractivity contribution in [3.8, 4) is 5.75 Å². The highest BCUT2D eigenvalue weighted by Gasteiger charge is 2.19. The van der Waals surface area contributed by atoms with Gasteiger partial charge in [-0.05, 0) is 55.8 Å². The van der Waals surface area contributed by atoms with Crippen LogP contribution in [-0.4, -0.2) is 40.3 Å². The minimum absolute atomic E-state index is 0.175. The van der Waals surface area contributed by atoms with E-state index >= 15 is 0 Å². The van der Waals surface area contributed by atoms with Gasteiger partial charge in [-0.15, -0.1) is 0 Å². The number of carbonyl (C=O) groups is 2. The highest BCUT2D eigenvalue weighted by Crippen LogP contribution is 2.19. The fourth-order valence-corrected chi connectivity index (χ4v) is 3.54. The predicted octanol–water partition coefficient (Wildman–Crippen LogP) is 4.18. The van der Waals surface area contributed by atoms with Crippen molar-refractivity contribution in [2.75, 3.05) is 14.2 Å². The number of pyridine rings is 1. The van der Waals surface area contributed by atoms with Gasteiger partial charge in [-0.25, -0.2) is 9.78 Å². The third-order valence-electron chi connectivity index (χ3n) is 5.25. The van der Waals surface area contributed by atoms with Crippen molar-refractivity contribution in [3.05, 3.63) is 88.8 Å². The molecule has 0 saturated heterocycles. The van der Waals surface area contributed by atoms with Crippen LogP contribution in [-0.2, 0) is 17.9 Å². The Hall–Kier alpha value is -4.07. The first-order valence-corrected chi connectivity index (χ1v) is 10.4. The van der Waals surface area contributed by atoms with Gasteiger partial charge in [0.1, 0.15) is 35.1 Å². The number of rotatable bonds is 7. The molecule has 3 aromatic heterocycles. The van der Waals surface area contributed by atoms with Crippen molar-refractivity contribution in [2.45, 2.75) is 27.0 Å². The first-order valence-electron chi connectivity index (χ1n) is 10.4. The van der Waals surface area contributed by atoms with Crippen molar-refractivity contribution in [2.24, 2.45) is 0 Å². The van der Waals surface area contributed by atoms with E-state index in [4.69, 9.17) is 13.9 Å². The third-order valence-corrected chi connectivity index (χ3v) is 5.25. The molecule has 1 aromatic carbocycles. The molecule has 0 aliphatic carbocycles. The monoisotopic (exact) mass is 447 g/mol. The van der Waals surface area contributed by atoms with Gasteiger partial charge in [-0.3, -0.25) is 4.79 Å². The minimum atomic E-state index is -0.467. The zero-order chi connectivity index (χ0) is 23.5. The molecule has 0 spiro atoms. The molecule has 0 fully saturated rings. The summed E-state index contributed by atoms with van der Waals surface area (Å²) in [6, 6.07) is 12.5. The molecule has 170 valence electrons. The Morgan fingerprint density at radius 2 is 1.85 bits per heavy atom. The maximum atomic E-state index is 12.8. The second-order valence-electron chi connectivity index (χ2n) is 7.85. The molecule has 4 aromatic rings. The number of aryl methyl sites for hydroxylation is 2. The van der Waals surface area contributed by atoms with Crippen molar-refractivity contribution in [1.82, 2.24) is 14.3 Å². The Kier molecular flexibility index (Phi) is 6.17. The van der Waals surface area contributed by atoms with Crippen LogP contribution in [0.2, 0.25) is 0 Å². The third kappa shape index (κ3) is 4.90. The topological polar surface area (TPSA) is 86.3 Å². The van der Waals surface area contributed by atoms with Crippen LogP contribution in [0.15, 0.2) is 59.3 Å². The van der Waals surface area contributed by atoms with Crippen LogP contribution in [0.1, 0.15) is 43.5 Å². The number of amides is 1. The lowest BCUT2D eigenvalue weighted by Crippen LogP contribution is -2.25. The number of ether oxygens (including phenoxy) is 2. The number of benzene rings is 1. The number of imidazole rings is 1. The molecule has 0 aliphatic rings. The van der Waals surface area contributed by atoms with E-state index in [9.17, 15) is 9.59 Å². The van der Waals surface area contributed by atoms with Gasteiger partial charge in [-0.1, -0.05) is 6.07 Å². The SMILES string of the molecule is COC(=O)c1cc(CN(C)C(=O)c2ccc(OCc3cn4cc(C)ccc4n3)cc2)oc1C. The largest absolute Gasteiger partial charge is 0.487 e. The minimum Gasteiger partial charge on any atom is -0.487 e. The summed E-state index contributed by atoms with van der Waals surface area (Å²) >= 11 is 0. The summed E-state index contributed by atoms with van der Waals surface area (Å²) in [7, 11) is 2.99. The molecule has 8 nitrogen and oxygen atoms in total. The van der Waals surface area contributed by atoms with Crippen LogP contribution in [0.5, 0.6) is 5.75 Å². The summed E-state index contributed by atoms with van der Waals surface area (Å²) in [5.74, 6) is 0.967. The highest BCUT2D eigenvalue weighted by molar-refractivity contribution is 5.94. The van der Waals surface area contributed by atoms with E-state index in [1.165, 1.54) is 12.0 Å². The van der Waals surface area contributed by atoms with Crippen LogP contribution in [0.4, 0.5) is 0 Å². The average molecular weight is 447 g/mol. The molecule has 0 saturated carbocycles. The molecule has 0 unspecified atom stereocenters. The van der Waals surface area contributed by atoms with Crippen molar-refractivity contribution in [3.63, 3.8) is 0 Å². The van der Waals surface area contributed by atoms with E-state index in [2.05, 4.69) is 4.98 Å². The Morgan fingerprint density at radius 1 is 1.09 bits per heavy atom. The summed E-state index contributed by atoms with van der Waals surface area (Å²) in [4.78, 5) is 30.6. The predicted molar refractivity (Wildman–Crippen MR) is 121 cm³/mol. The lowest BCUT2D eigenvalue weighted by Gasteiger charge is -2.16. The number of fused-ring (bicyclic) bond motifs is 1. The van der Waals surface area contributed by atoms with Gasteiger partial charge < -0.3 is 23.2 Å². The summed E-state index contributed by atoms with van der Waals surface area (Å²) in [6.07, 6.45) is 3.96. The van der Waals surface area contributed by atoms with Crippen molar-refractivity contribution in [1.29, 1.82) is 0 Å². The van der Waals surface area contributed by atoms with Gasteiger partial charge in [0.05, 0.1) is 19.3 Å². The zero-order valence-corrected chi connectivity index (χ0v) is 19.0. The summed E-state index contributed by atoms with van der Waals surface area (Å²) in [5, 5.41) is 0. The van der Waals surface area contributed by atoms with Crippen LogP contribution >= 0.6 is 0 Å². The van der Waals surface area contributed by atoms with Crippen LogP contribution in [0.3, 0.4) is 0 Å². The fraction of sp³-hybridized carbons (Fsp3) is 0.240. The summed E-state index contributed by atoms with van der Waals surface area (Å²) in [6.45, 7) is 4.27. The molecule has 1 amide bonds. The van der Waals surface area contributed by atoms with Crippen molar-refractivity contribution < 1.29 is 23.5 Å². The number of methoxy groups -OCH3 is 1. The highest BCUT2D eigenvalue weighted by atomic mass is 16.5. The number of aromatic nitrogens is 2. The van der Waals surface area contributed by atoms with Gasteiger partial charge in [-0.2, -0.15) is 0 Å². The average Bonchev–Trinajstić information content (AvgIpc) is 3.39. The normalized spacial score (nSPS) is 10.9. The number of furan rings is 1. The molecule has 0 bridgehead atoms. The smallest absolute Gasteiger partial charge is 0.341 e. The fourth-order valence-electron chi connectivity index (χ4n) is 3.54. The molecular weight excluding hydrogens is 422 g/mol. The molecule has 8 heteroatoms. The van der Waals surface area contributed by atoms with Gasteiger partial charge in [0, 0.05) is 25.0 Å². The van der Waals surface area contributed by atoms with Gasteiger partial charge in [0.2, 0.25) is 0 Å². The molecule has 0 atom stereocenters. The van der Waals surface area contributed by atoms with Gasteiger partial charge in [0.15, 0.2) is 0 Å². The van der Waals surface area contributed by atoms with E-state index < -0.39 is 5.97 Å². The van der Waals surface area contributed by atoms with E-state index in [0.717, 1.165) is 16.9 Å².